The number of aromatic nitrogens is 3. The van der Waals surface area contributed by atoms with E-state index in [0.717, 1.165) is 34.1 Å². The van der Waals surface area contributed by atoms with Gasteiger partial charge in [-0.15, -0.1) is 0 Å². The summed E-state index contributed by atoms with van der Waals surface area (Å²) in [6.45, 7) is 0.820. The van der Waals surface area contributed by atoms with Crippen molar-refractivity contribution < 1.29 is 8.42 Å². The van der Waals surface area contributed by atoms with E-state index in [4.69, 9.17) is 11.6 Å². The monoisotopic (exact) mass is 458 g/mol. The summed E-state index contributed by atoms with van der Waals surface area (Å²) >= 11 is 7.80. The number of hydrogen-bond acceptors (Lipinski definition) is 5. The molecule has 0 radical (unpaired) electrons. The molecule has 0 unspecified atom stereocenters. The summed E-state index contributed by atoms with van der Waals surface area (Å²) in [7, 11) is 0.0204. The summed E-state index contributed by atoms with van der Waals surface area (Å²) in [5.74, 6) is 0. The average Bonchev–Trinajstić information content (AvgIpc) is 3.35. The lowest BCUT2D eigenvalue weighted by atomic mass is 10.1. The van der Waals surface area contributed by atoms with Crippen molar-refractivity contribution in [2.75, 3.05) is 20.6 Å². The zero-order valence-corrected chi connectivity index (χ0v) is 18.8. The molecule has 0 amide bonds. The standard InChI is InChI=1S/C21H19ClN4O2S2/c1-24(2)12-11-14-13-25(16-8-4-3-7-15(14)16)30(27,28)20-19(22)23-21-26(20)17-9-5-6-10-18(17)29-21/h3-10,13H,11-12H2,1-2H3. The van der Waals surface area contributed by atoms with Crippen LogP contribution in [0.1, 0.15) is 5.56 Å². The molecule has 3 aromatic heterocycles. The normalized spacial score (nSPS) is 12.7. The predicted octanol–water partition coefficient (Wildman–Crippen LogP) is 4.50. The van der Waals surface area contributed by atoms with Crippen LogP contribution < -0.4 is 0 Å². The molecule has 9 heteroatoms. The number of likely N-dealkylation sites (N-methyl/N-ethyl adjacent to an activating group) is 1. The van der Waals surface area contributed by atoms with Gasteiger partial charge in [0.1, 0.15) is 0 Å². The summed E-state index contributed by atoms with van der Waals surface area (Å²) in [4.78, 5) is 6.97. The number of hydrogen-bond donors (Lipinski definition) is 0. The summed E-state index contributed by atoms with van der Waals surface area (Å²) in [6, 6.07) is 15.2. The van der Waals surface area contributed by atoms with Crippen LogP contribution in [0.3, 0.4) is 0 Å². The smallest absolute Gasteiger partial charge is 0.287 e. The van der Waals surface area contributed by atoms with Gasteiger partial charge < -0.3 is 4.90 Å². The van der Waals surface area contributed by atoms with Gasteiger partial charge in [-0.25, -0.2) is 8.96 Å². The van der Waals surface area contributed by atoms with Gasteiger partial charge in [-0.1, -0.05) is 53.3 Å². The highest BCUT2D eigenvalue weighted by Gasteiger charge is 2.30. The van der Waals surface area contributed by atoms with E-state index in [9.17, 15) is 8.42 Å². The van der Waals surface area contributed by atoms with E-state index >= 15 is 0 Å². The molecule has 5 rings (SSSR count). The Balaban J connectivity index is 1.77. The quantitative estimate of drug-likeness (QED) is 0.389. The van der Waals surface area contributed by atoms with Crippen molar-refractivity contribution in [1.29, 1.82) is 0 Å². The maximum atomic E-state index is 13.8. The van der Waals surface area contributed by atoms with Crippen LogP contribution in [0.2, 0.25) is 5.15 Å². The van der Waals surface area contributed by atoms with Gasteiger partial charge >= 0.3 is 0 Å². The van der Waals surface area contributed by atoms with Crippen LogP contribution in [-0.4, -0.2) is 47.3 Å². The number of rotatable bonds is 5. The summed E-state index contributed by atoms with van der Waals surface area (Å²) in [5, 5.41) is 0.908. The number of halogens is 1. The molecule has 6 nitrogen and oxygen atoms in total. The topological polar surface area (TPSA) is 59.6 Å². The second-order valence-electron chi connectivity index (χ2n) is 7.42. The van der Waals surface area contributed by atoms with Crippen molar-refractivity contribution in [1.82, 2.24) is 18.3 Å². The van der Waals surface area contributed by atoms with Crippen molar-refractivity contribution in [3.05, 3.63) is 65.4 Å². The van der Waals surface area contributed by atoms with E-state index in [-0.39, 0.29) is 10.2 Å². The van der Waals surface area contributed by atoms with Gasteiger partial charge in [0.05, 0.1) is 15.7 Å². The molecule has 0 spiro atoms. The third kappa shape index (κ3) is 2.94. The van der Waals surface area contributed by atoms with Crippen molar-refractivity contribution >= 4 is 59.0 Å². The van der Waals surface area contributed by atoms with E-state index in [1.54, 1.807) is 10.6 Å². The fraction of sp³-hybridized carbons (Fsp3) is 0.190. The molecule has 0 N–H and O–H groups in total. The van der Waals surface area contributed by atoms with Gasteiger partial charge in [-0.3, -0.25) is 4.40 Å². The van der Waals surface area contributed by atoms with Gasteiger partial charge in [0.15, 0.2) is 10.1 Å². The molecule has 0 saturated carbocycles. The second kappa shape index (κ2) is 7.09. The molecule has 0 aliphatic carbocycles. The molecular weight excluding hydrogens is 440 g/mol. The number of fused-ring (bicyclic) bond motifs is 4. The van der Waals surface area contributed by atoms with Gasteiger partial charge in [0.2, 0.25) is 5.03 Å². The molecule has 0 aliphatic heterocycles. The largest absolute Gasteiger partial charge is 0.309 e. The molecule has 0 atom stereocenters. The van der Waals surface area contributed by atoms with Crippen molar-refractivity contribution in [2.45, 2.75) is 11.4 Å². The highest BCUT2D eigenvalue weighted by molar-refractivity contribution is 7.90. The highest BCUT2D eigenvalue weighted by atomic mass is 35.5. The number of benzene rings is 2. The van der Waals surface area contributed by atoms with Gasteiger partial charge in [0, 0.05) is 18.1 Å². The molecule has 154 valence electrons. The number of imidazole rings is 1. The lowest BCUT2D eigenvalue weighted by molar-refractivity contribution is 0.414. The van der Waals surface area contributed by atoms with E-state index in [2.05, 4.69) is 9.88 Å². The zero-order chi connectivity index (χ0) is 21.0. The minimum atomic E-state index is -3.98. The number of nitrogens with zero attached hydrogens (tertiary/aromatic N) is 4. The summed E-state index contributed by atoms with van der Waals surface area (Å²) < 4.78 is 31.6. The maximum absolute atomic E-state index is 13.8. The Labute approximate surface area is 183 Å². The van der Waals surface area contributed by atoms with Crippen LogP contribution in [-0.2, 0) is 16.4 Å². The average molecular weight is 459 g/mol. The van der Waals surface area contributed by atoms with Crippen molar-refractivity contribution in [3.63, 3.8) is 0 Å². The van der Waals surface area contributed by atoms with Gasteiger partial charge in [-0.05, 0) is 44.3 Å². The summed E-state index contributed by atoms with van der Waals surface area (Å²) in [6.07, 6.45) is 2.46. The van der Waals surface area contributed by atoms with E-state index in [0.29, 0.717) is 10.5 Å². The Morgan fingerprint density at radius 1 is 1.07 bits per heavy atom. The minimum absolute atomic E-state index is 0.00321. The third-order valence-corrected chi connectivity index (χ3v) is 8.25. The van der Waals surface area contributed by atoms with E-state index in [1.165, 1.54) is 15.3 Å². The SMILES string of the molecule is CN(C)CCc1cn(S(=O)(=O)c2c(Cl)nc3sc4ccccc4n23)c2ccccc12. The lowest BCUT2D eigenvalue weighted by Gasteiger charge is -2.08. The van der Waals surface area contributed by atoms with Crippen LogP contribution in [0, 0.1) is 0 Å². The van der Waals surface area contributed by atoms with Gasteiger partial charge in [-0.2, -0.15) is 8.42 Å². The Kier molecular flexibility index (Phi) is 4.62. The Hall–Kier alpha value is -2.39. The van der Waals surface area contributed by atoms with Crippen molar-refractivity contribution in [2.24, 2.45) is 0 Å². The van der Waals surface area contributed by atoms with Crippen LogP contribution in [0.25, 0.3) is 26.1 Å². The number of thiazole rings is 1. The predicted molar refractivity (Wildman–Crippen MR) is 122 cm³/mol. The van der Waals surface area contributed by atoms with Crippen LogP contribution in [0.5, 0.6) is 0 Å². The lowest BCUT2D eigenvalue weighted by Crippen LogP contribution is -2.16. The first-order chi connectivity index (χ1) is 14.4. The van der Waals surface area contributed by atoms with Crippen molar-refractivity contribution in [3.8, 4) is 0 Å². The van der Waals surface area contributed by atoms with E-state index < -0.39 is 10.0 Å². The Morgan fingerprint density at radius 2 is 1.77 bits per heavy atom. The van der Waals surface area contributed by atoms with Crippen LogP contribution in [0.15, 0.2) is 59.8 Å². The van der Waals surface area contributed by atoms with E-state index in [1.807, 2.05) is 62.6 Å². The fourth-order valence-corrected chi connectivity index (χ4v) is 6.88. The molecule has 3 heterocycles. The molecule has 0 aliphatic rings. The fourth-order valence-electron chi connectivity index (χ4n) is 3.74. The first-order valence-corrected chi connectivity index (χ1v) is 12.1. The Morgan fingerprint density at radius 3 is 2.53 bits per heavy atom. The first kappa shape index (κ1) is 19.6. The highest BCUT2D eigenvalue weighted by Crippen LogP contribution is 2.35. The van der Waals surface area contributed by atoms with Crippen LogP contribution >= 0.6 is 22.9 Å². The second-order valence-corrected chi connectivity index (χ2v) is 10.5. The molecule has 2 aromatic carbocycles. The number of para-hydroxylation sites is 2. The Bertz CT molecular complexity index is 1510. The summed E-state index contributed by atoms with van der Waals surface area (Å²) in [5.41, 5.74) is 2.39. The van der Waals surface area contributed by atoms with Crippen LogP contribution in [0.4, 0.5) is 0 Å². The molecule has 0 saturated heterocycles. The third-order valence-electron chi connectivity index (χ3n) is 5.16. The van der Waals surface area contributed by atoms with Gasteiger partial charge in [0.25, 0.3) is 10.0 Å². The zero-order valence-electron chi connectivity index (χ0n) is 16.4. The molecule has 30 heavy (non-hydrogen) atoms. The minimum Gasteiger partial charge on any atom is -0.309 e. The maximum Gasteiger partial charge on any atom is 0.287 e. The molecule has 0 bridgehead atoms. The molecular formula is C21H19ClN4O2S2. The first-order valence-electron chi connectivity index (χ1n) is 9.42. The molecule has 0 fully saturated rings. The molecule has 5 aromatic rings.